The zero-order valence-corrected chi connectivity index (χ0v) is 12.0. The molecule has 1 aliphatic rings. The summed E-state index contributed by atoms with van der Waals surface area (Å²) in [5.74, 6) is 0.638. The normalized spacial score (nSPS) is 15.7. The van der Waals surface area contributed by atoms with Crippen LogP contribution in [0.1, 0.15) is 5.56 Å². The second kappa shape index (κ2) is 5.96. The topological polar surface area (TPSA) is 68.5 Å². The van der Waals surface area contributed by atoms with Crippen molar-refractivity contribution >= 4 is 17.6 Å². The Bertz CT molecular complexity index is 769. The SMILES string of the molecule is N#Cc1ccc(OC(=O)[C@@H]2COc3ccccc3O2)c(Cl)c1. The van der Waals surface area contributed by atoms with Crippen molar-refractivity contribution < 1.29 is 19.0 Å². The highest BCUT2D eigenvalue weighted by Gasteiger charge is 2.29. The molecule has 0 radical (unpaired) electrons. The van der Waals surface area contributed by atoms with Crippen molar-refractivity contribution in [2.24, 2.45) is 0 Å². The Kier molecular flexibility index (Phi) is 3.86. The van der Waals surface area contributed by atoms with E-state index < -0.39 is 12.1 Å². The number of hydrogen-bond donors (Lipinski definition) is 0. The van der Waals surface area contributed by atoms with Gasteiger partial charge in [0, 0.05) is 0 Å². The Morgan fingerprint density at radius 2 is 2.05 bits per heavy atom. The molecule has 0 bridgehead atoms. The molecule has 0 aromatic heterocycles. The number of carbonyl (C=O) groups is 1. The third-order valence-electron chi connectivity index (χ3n) is 3.04. The second-order valence-electron chi connectivity index (χ2n) is 4.54. The summed E-state index contributed by atoms with van der Waals surface area (Å²) in [7, 11) is 0. The number of hydrogen-bond acceptors (Lipinski definition) is 5. The smallest absolute Gasteiger partial charge is 0.356 e. The summed E-state index contributed by atoms with van der Waals surface area (Å²) >= 11 is 5.97. The van der Waals surface area contributed by atoms with Gasteiger partial charge in [-0.2, -0.15) is 5.26 Å². The number of carbonyl (C=O) groups excluding carboxylic acids is 1. The van der Waals surface area contributed by atoms with E-state index in [9.17, 15) is 4.79 Å². The van der Waals surface area contributed by atoms with E-state index in [1.807, 2.05) is 12.1 Å². The standard InChI is InChI=1S/C16H10ClNO4/c17-11-7-10(8-18)5-6-12(11)22-16(19)15-9-20-13-3-1-2-4-14(13)21-15/h1-7,15H,9H2/t15-/m0/s1. The van der Waals surface area contributed by atoms with Gasteiger partial charge in [0.15, 0.2) is 11.5 Å². The molecular formula is C16H10ClNO4. The highest BCUT2D eigenvalue weighted by molar-refractivity contribution is 6.32. The number of esters is 1. The van der Waals surface area contributed by atoms with E-state index >= 15 is 0 Å². The molecule has 1 aliphatic heterocycles. The van der Waals surface area contributed by atoms with Crippen LogP contribution in [-0.2, 0) is 4.79 Å². The minimum atomic E-state index is -0.874. The summed E-state index contributed by atoms with van der Waals surface area (Å²) in [6.45, 7) is 0.0593. The molecule has 22 heavy (non-hydrogen) atoms. The van der Waals surface area contributed by atoms with Crippen LogP contribution in [0.2, 0.25) is 5.02 Å². The number of rotatable bonds is 2. The first-order valence-electron chi connectivity index (χ1n) is 6.47. The number of nitriles is 1. The number of ether oxygens (including phenoxy) is 3. The molecule has 3 rings (SSSR count). The highest BCUT2D eigenvalue weighted by Crippen LogP contribution is 2.32. The van der Waals surface area contributed by atoms with Crippen molar-refractivity contribution in [3.63, 3.8) is 0 Å². The molecule has 110 valence electrons. The van der Waals surface area contributed by atoms with Gasteiger partial charge in [-0.25, -0.2) is 4.79 Å². The van der Waals surface area contributed by atoms with E-state index in [0.29, 0.717) is 17.1 Å². The third kappa shape index (κ3) is 2.83. The Morgan fingerprint density at radius 1 is 1.27 bits per heavy atom. The van der Waals surface area contributed by atoms with Crippen molar-refractivity contribution in [2.75, 3.05) is 6.61 Å². The van der Waals surface area contributed by atoms with Crippen LogP contribution in [-0.4, -0.2) is 18.7 Å². The van der Waals surface area contributed by atoms with Gasteiger partial charge >= 0.3 is 5.97 Å². The van der Waals surface area contributed by atoms with E-state index in [0.717, 1.165) is 0 Å². The predicted molar refractivity (Wildman–Crippen MR) is 78.2 cm³/mol. The van der Waals surface area contributed by atoms with Gasteiger partial charge in [0.05, 0.1) is 16.7 Å². The lowest BCUT2D eigenvalue weighted by atomic mass is 10.2. The molecule has 0 saturated heterocycles. The predicted octanol–water partition coefficient (Wildman–Crippen LogP) is 2.96. The van der Waals surface area contributed by atoms with Crippen molar-refractivity contribution in [2.45, 2.75) is 6.10 Å². The molecule has 1 atom stereocenters. The van der Waals surface area contributed by atoms with E-state index in [-0.39, 0.29) is 17.4 Å². The summed E-state index contributed by atoms with van der Waals surface area (Å²) in [6, 6.07) is 13.4. The Hall–Kier alpha value is -2.71. The van der Waals surface area contributed by atoms with Crippen molar-refractivity contribution in [1.82, 2.24) is 0 Å². The first kappa shape index (κ1) is 14.2. The molecule has 0 amide bonds. The van der Waals surface area contributed by atoms with E-state index in [4.69, 9.17) is 31.1 Å². The molecule has 2 aromatic rings. The van der Waals surface area contributed by atoms with Crippen LogP contribution in [0.5, 0.6) is 17.2 Å². The van der Waals surface area contributed by atoms with E-state index in [1.165, 1.54) is 18.2 Å². The Balaban J connectivity index is 1.72. The first-order chi connectivity index (χ1) is 10.7. The van der Waals surface area contributed by atoms with Crippen LogP contribution in [0, 0.1) is 11.3 Å². The highest BCUT2D eigenvalue weighted by atomic mass is 35.5. The van der Waals surface area contributed by atoms with Crippen LogP contribution in [0.4, 0.5) is 0 Å². The van der Waals surface area contributed by atoms with Gasteiger partial charge in [-0.3, -0.25) is 0 Å². The lowest BCUT2D eigenvalue weighted by Crippen LogP contribution is -2.39. The number of nitrogens with zero attached hydrogens (tertiary/aromatic N) is 1. The summed E-state index contributed by atoms with van der Waals surface area (Å²) < 4.78 is 16.2. The first-order valence-corrected chi connectivity index (χ1v) is 6.85. The summed E-state index contributed by atoms with van der Waals surface area (Å²) in [6.07, 6.45) is -0.874. The maximum atomic E-state index is 12.1. The van der Waals surface area contributed by atoms with Crippen LogP contribution >= 0.6 is 11.6 Å². The quantitative estimate of drug-likeness (QED) is 0.629. The molecule has 2 aromatic carbocycles. The van der Waals surface area contributed by atoms with Crippen molar-refractivity contribution in [3.05, 3.63) is 53.1 Å². The average Bonchev–Trinajstić information content (AvgIpc) is 2.56. The fraction of sp³-hybridized carbons (Fsp3) is 0.125. The number of halogens is 1. The zero-order chi connectivity index (χ0) is 15.5. The molecular weight excluding hydrogens is 306 g/mol. The maximum absolute atomic E-state index is 12.1. The molecule has 5 nitrogen and oxygen atoms in total. The fourth-order valence-electron chi connectivity index (χ4n) is 1.96. The molecule has 0 fully saturated rings. The second-order valence-corrected chi connectivity index (χ2v) is 4.95. The van der Waals surface area contributed by atoms with Gasteiger partial charge in [0.1, 0.15) is 12.4 Å². The molecule has 6 heteroatoms. The van der Waals surface area contributed by atoms with E-state index in [2.05, 4.69) is 0 Å². The van der Waals surface area contributed by atoms with Gasteiger partial charge in [-0.1, -0.05) is 23.7 Å². The van der Waals surface area contributed by atoms with Crippen LogP contribution in [0.3, 0.4) is 0 Å². The molecule has 0 spiro atoms. The minimum absolute atomic E-state index is 0.0593. The van der Waals surface area contributed by atoms with Gasteiger partial charge < -0.3 is 14.2 Å². The minimum Gasteiger partial charge on any atom is -0.485 e. The number of para-hydroxylation sites is 2. The van der Waals surface area contributed by atoms with Crippen LogP contribution < -0.4 is 14.2 Å². The van der Waals surface area contributed by atoms with E-state index in [1.54, 1.807) is 18.2 Å². The Morgan fingerprint density at radius 3 is 2.77 bits per heavy atom. The van der Waals surface area contributed by atoms with Gasteiger partial charge in [0.25, 0.3) is 0 Å². The fourth-order valence-corrected chi connectivity index (χ4v) is 2.18. The lowest BCUT2D eigenvalue weighted by molar-refractivity contribution is -0.144. The molecule has 0 aliphatic carbocycles. The van der Waals surface area contributed by atoms with Crippen LogP contribution in [0.25, 0.3) is 0 Å². The molecule has 0 N–H and O–H groups in total. The number of fused-ring (bicyclic) bond motifs is 1. The van der Waals surface area contributed by atoms with Gasteiger partial charge in [-0.15, -0.1) is 0 Å². The summed E-state index contributed by atoms with van der Waals surface area (Å²) in [5.41, 5.74) is 0.385. The van der Waals surface area contributed by atoms with Crippen molar-refractivity contribution in [3.8, 4) is 23.3 Å². The third-order valence-corrected chi connectivity index (χ3v) is 3.34. The largest absolute Gasteiger partial charge is 0.485 e. The molecule has 0 unspecified atom stereocenters. The zero-order valence-electron chi connectivity index (χ0n) is 11.3. The Labute approximate surface area is 131 Å². The number of benzene rings is 2. The molecule has 1 heterocycles. The van der Waals surface area contributed by atoms with Crippen LogP contribution in [0.15, 0.2) is 42.5 Å². The van der Waals surface area contributed by atoms with Gasteiger partial charge in [0.2, 0.25) is 6.10 Å². The summed E-state index contributed by atoms with van der Waals surface area (Å²) in [4.78, 5) is 12.1. The maximum Gasteiger partial charge on any atom is 0.356 e. The van der Waals surface area contributed by atoms with Gasteiger partial charge in [-0.05, 0) is 30.3 Å². The monoisotopic (exact) mass is 315 g/mol. The molecule has 0 saturated carbocycles. The average molecular weight is 316 g/mol. The summed E-state index contributed by atoms with van der Waals surface area (Å²) in [5, 5.41) is 8.96. The lowest BCUT2D eigenvalue weighted by Gasteiger charge is -2.24. The van der Waals surface area contributed by atoms with Crippen molar-refractivity contribution in [1.29, 1.82) is 5.26 Å².